The number of nitrogens with zero attached hydrogens (tertiary/aromatic N) is 2. The Balaban J connectivity index is 2.22. The molecule has 0 unspecified atom stereocenters. The maximum Gasteiger partial charge on any atom is 0.138 e. The first-order valence-electron chi connectivity index (χ1n) is 5.62. The van der Waals surface area contributed by atoms with Crippen LogP contribution in [0.1, 0.15) is 11.3 Å². The van der Waals surface area contributed by atoms with Crippen molar-refractivity contribution in [1.29, 1.82) is 0 Å². The van der Waals surface area contributed by atoms with Gasteiger partial charge in [-0.3, -0.25) is 4.98 Å². The second-order valence-electron chi connectivity index (χ2n) is 4.24. The summed E-state index contributed by atoms with van der Waals surface area (Å²) < 4.78 is 0. The van der Waals surface area contributed by atoms with E-state index in [-0.39, 0.29) is 0 Å². The summed E-state index contributed by atoms with van der Waals surface area (Å²) in [6.07, 6.45) is 1.81. The SMILES string of the molecule is Cc1cc(-c2nc3c(C)cccc3[nH]2)ccn1. The molecule has 0 aliphatic heterocycles. The van der Waals surface area contributed by atoms with Crippen molar-refractivity contribution in [3.05, 3.63) is 47.8 Å². The predicted molar refractivity (Wildman–Crippen MR) is 68.8 cm³/mol. The highest BCUT2D eigenvalue weighted by atomic mass is 14.9. The van der Waals surface area contributed by atoms with E-state index >= 15 is 0 Å². The van der Waals surface area contributed by atoms with E-state index in [9.17, 15) is 0 Å². The standard InChI is InChI=1S/C14H13N3/c1-9-4-3-5-12-13(9)17-14(16-12)11-6-7-15-10(2)8-11/h3-8H,1-2H3,(H,16,17). The molecule has 0 saturated heterocycles. The number of aromatic amines is 1. The molecule has 3 heteroatoms. The first-order chi connectivity index (χ1) is 8.24. The highest BCUT2D eigenvalue weighted by Gasteiger charge is 2.06. The van der Waals surface area contributed by atoms with Crippen molar-refractivity contribution in [3.8, 4) is 11.4 Å². The molecule has 0 aliphatic rings. The number of hydrogen-bond donors (Lipinski definition) is 1. The Morgan fingerprint density at radius 2 is 2.00 bits per heavy atom. The molecule has 0 amide bonds. The maximum atomic E-state index is 4.64. The lowest BCUT2D eigenvalue weighted by molar-refractivity contribution is 1.19. The number of pyridine rings is 1. The number of hydrogen-bond acceptors (Lipinski definition) is 2. The van der Waals surface area contributed by atoms with Crippen LogP contribution in [0.3, 0.4) is 0 Å². The molecule has 17 heavy (non-hydrogen) atoms. The number of rotatable bonds is 1. The van der Waals surface area contributed by atoms with Gasteiger partial charge < -0.3 is 4.98 Å². The van der Waals surface area contributed by atoms with Gasteiger partial charge in [0.15, 0.2) is 0 Å². The average Bonchev–Trinajstić information content (AvgIpc) is 2.74. The minimum atomic E-state index is 0.903. The van der Waals surface area contributed by atoms with Gasteiger partial charge in [-0.25, -0.2) is 4.98 Å². The molecule has 3 aromatic rings. The number of H-pyrrole nitrogens is 1. The van der Waals surface area contributed by atoms with E-state index in [0.29, 0.717) is 0 Å². The van der Waals surface area contributed by atoms with E-state index in [4.69, 9.17) is 0 Å². The van der Waals surface area contributed by atoms with Crippen LogP contribution in [0.4, 0.5) is 0 Å². The summed E-state index contributed by atoms with van der Waals surface area (Å²) in [5.41, 5.74) is 5.38. The number of imidazole rings is 1. The number of nitrogens with one attached hydrogen (secondary N) is 1. The zero-order valence-corrected chi connectivity index (χ0v) is 9.86. The molecule has 1 aromatic carbocycles. The molecule has 3 nitrogen and oxygen atoms in total. The summed E-state index contributed by atoms with van der Waals surface area (Å²) in [6, 6.07) is 10.2. The Morgan fingerprint density at radius 1 is 1.12 bits per heavy atom. The molecule has 3 rings (SSSR count). The third kappa shape index (κ3) is 1.69. The normalized spacial score (nSPS) is 10.9. The fourth-order valence-electron chi connectivity index (χ4n) is 2.01. The van der Waals surface area contributed by atoms with Crippen LogP contribution in [-0.2, 0) is 0 Å². The largest absolute Gasteiger partial charge is 0.338 e. The molecule has 0 saturated carbocycles. The molecule has 0 fully saturated rings. The van der Waals surface area contributed by atoms with Crippen molar-refractivity contribution in [3.63, 3.8) is 0 Å². The molecule has 0 radical (unpaired) electrons. The molecule has 0 aliphatic carbocycles. The van der Waals surface area contributed by atoms with Crippen LogP contribution in [0.5, 0.6) is 0 Å². The zero-order valence-electron chi connectivity index (χ0n) is 9.86. The van der Waals surface area contributed by atoms with Gasteiger partial charge in [0.25, 0.3) is 0 Å². The van der Waals surface area contributed by atoms with Crippen molar-refractivity contribution in [1.82, 2.24) is 15.0 Å². The third-order valence-electron chi connectivity index (χ3n) is 2.88. The van der Waals surface area contributed by atoms with Crippen LogP contribution in [-0.4, -0.2) is 15.0 Å². The highest BCUT2D eigenvalue weighted by molar-refractivity contribution is 5.82. The fourth-order valence-corrected chi connectivity index (χ4v) is 2.01. The number of aromatic nitrogens is 3. The summed E-state index contributed by atoms with van der Waals surface area (Å²) in [4.78, 5) is 12.2. The second-order valence-corrected chi connectivity index (χ2v) is 4.24. The quantitative estimate of drug-likeness (QED) is 0.688. The summed E-state index contributed by atoms with van der Waals surface area (Å²) in [5.74, 6) is 0.903. The topological polar surface area (TPSA) is 41.6 Å². The van der Waals surface area contributed by atoms with Crippen LogP contribution < -0.4 is 0 Å². The number of aryl methyl sites for hydroxylation is 2. The van der Waals surface area contributed by atoms with Crippen molar-refractivity contribution in [2.24, 2.45) is 0 Å². The van der Waals surface area contributed by atoms with E-state index < -0.39 is 0 Å². The molecule has 1 N–H and O–H groups in total. The minimum absolute atomic E-state index is 0.903. The Morgan fingerprint density at radius 3 is 2.76 bits per heavy atom. The van der Waals surface area contributed by atoms with E-state index in [1.54, 1.807) is 0 Å². The molecule has 0 spiro atoms. The number of fused-ring (bicyclic) bond motifs is 1. The summed E-state index contributed by atoms with van der Waals surface area (Å²) in [5, 5.41) is 0. The number of benzene rings is 1. The lowest BCUT2D eigenvalue weighted by Gasteiger charge is -1.96. The molecule has 84 valence electrons. The van der Waals surface area contributed by atoms with Crippen LogP contribution >= 0.6 is 0 Å². The number of para-hydroxylation sites is 1. The molecular weight excluding hydrogens is 210 g/mol. The van der Waals surface area contributed by atoms with Crippen LogP contribution in [0.15, 0.2) is 36.5 Å². The Hall–Kier alpha value is -2.16. The fraction of sp³-hybridized carbons (Fsp3) is 0.143. The Kier molecular flexibility index (Phi) is 2.18. The summed E-state index contributed by atoms with van der Waals surface area (Å²) in [6.45, 7) is 4.06. The Bertz CT molecular complexity index is 683. The van der Waals surface area contributed by atoms with Crippen molar-refractivity contribution in [2.75, 3.05) is 0 Å². The minimum Gasteiger partial charge on any atom is -0.338 e. The second kappa shape index (κ2) is 3.70. The lowest BCUT2D eigenvalue weighted by atomic mass is 10.2. The maximum absolute atomic E-state index is 4.64. The van der Waals surface area contributed by atoms with Gasteiger partial charge in [-0.1, -0.05) is 12.1 Å². The van der Waals surface area contributed by atoms with Gasteiger partial charge in [0.05, 0.1) is 11.0 Å². The van der Waals surface area contributed by atoms with Gasteiger partial charge >= 0.3 is 0 Å². The highest BCUT2D eigenvalue weighted by Crippen LogP contribution is 2.22. The molecular formula is C14H13N3. The van der Waals surface area contributed by atoms with Gasteiger partial charge in [0, 0.05) is 17.5 Å². The molecule has 0 bridgehead atoms. The molecule has 2 aromatic heterocycles. The van der Waals surface area contributed by atoms with Gasteiger partial charge in [-0.05, 0) is 37.6 Å². The monoisotopic (exact) mass is 223 g/mol. The smallest absolute Gasteiger partial charge is 0.138 e. The van der Waals surface area contributed by atoms with Gasteiger partial charge in [-0.15, -0.1) is 0 Å². The summed E-state index contributed by atoms with van der Waals surface area (Å²) in [7, 11) is 0. The van der Waals surface area contributed by atoms with E-state index in [1.165, 1.54) is 5.56 Å². The first kappa shape index (κ1) is 10.0. The van der Waals surface area contributed by atoms with Crippen molar-refractivity contribution in [2.45, 2.75) is 13.8 Å². The lowest BCUT2D eigenvalue weighted by Crippen LogP contribution is -1.84. The van der Waals surface area contributed by atoms with Gasteiger partial charge in [-0.2, -0.15) is 0 Å². The van der Waals surface area contributed by atoms with Crippen LogP contribution in [0, 0.1) is 13.8 Å². The average molecular weight is 223 g/mol. The van der Waals surface area contributed by atoms with E-state index in [1.807, 2.05) is 37.4 Å². The van der Waals surface area contributed by atoms with Gasteiger partial charge in [0.2, 0.25) is 0 Å². The van der Waals surface area contributed by atoms with E-state index in [0.717, 1.165) is 28.1 Å². The van der Waals surface area contributed by atoms with Crippen molar-refractivity contribution >= 4 is 11.0 Å². The van der Waals surface area contributed by atoms with Crippen molar-refractivity contribution < 1.29 is 0 Å². The Labute approximate surface area is 99.5 Å². The predicted octanol–water partition coefficient (Wildman–Crippen LogP) is 3.24. The van der Waals surface area contributed by atoms with E-state index in [2.05, 4.69) is 27.9 Å². The van der Waals surface area contributed by atoms with Crippen LogP contribution in [0.2, 0.25) is 0 Å². The van der Waals surface area contributed by atoms with Crippen LogP contribution in [0.25, 0.3) is 22.4 Å². The first-order valence-corrected chi connectivity index (χ1v) is 5.62. The third-order valence-corrected chi connectivity index (χ3v) is 2.88. The molecule has 2 heterocycles. The molecule has 0 atom stereocenters. The van der Waals surface area contributed by atoms with Gasteiger partial charge in [0.1, 0.15) is 5.82 Å². The zero-order chi connectivity index (χ0) is 11.8. The summed E-state index contributed by atoms with van der Waals surface area (Å²) >= 11 is 0.